The first kappa shape index (κ1) is 13.5. The van der Waals surface area contributed by atoms with E-state index < -0.39 is 0 Å². The molecule has 1 atom stereocenters. The van der Waals surface area contributed by atoms with Crippen molar-refractivity contribution in [1.29, 1.82) is 5.26 Å². The molecule has 92 valence electrons. The molecule has 0 fully saturated rings. The molecule has 4 heteroatoms. The first-order chi connectivity index (χ1) is 8.22. The topological polar surface area (TPSA) is 42.2 Å². The Labute approximate surface area is 101 Å². The maximum absolute atomic E-state index is 13.2. The third-order valence-corrected chi connectivity index (χ3v) is 2.44. The predicted octanol–water partition coefficient (Wildman–Crippen LogP) is 3.22. The van der Waals surface area contributed by atoms with E-state index in [9.17, 15) is 4.39 Å². The smallest absolute Gasteiger partial charge is 0.124 e. The van der Waals surface area contributed by atoms with Gasteiger partial charge in [-0.15, -0.1) is 0 Å². The Morgan fingerprint density at radius 1 is 1.47 bits per heavy atom. The van der Waals surface area contributed by atoms with Gasteiger partial charge in [0.25, 0.3) is 0 Å². The average molecular weight is 237 g/mol. The van der Waals surface area contributed by atoms with Crippen LogP contribution in [0.3, 0.4) is 0 Å². The van der Waals surface area contributed by atoms with Crippen LogP contribution in [-0.2, 0) is 4.74 Å². The van der Waals surface area contributed by atoms with Crippen LogP contribution in [0.5, 0.6) is 5.75 Å². The number of rotatable bonds is 6. The molecule has 0 amide bonds. The van der Waals surface area contributed by atoms with Gasteiger partial charge in [-0.05, 0) is 24.6 Å². The van der Waals surface area contributed by atoms with E-state index in [1.807, 2.05) is 13.0 Å². The molecule has 1 rings (SSSR count). The minimum atomic E-state index is -0.317. The Bertz CT molecular complexity index is 401. The molecule has 0 radical (unpaired) electrons. The van der Waals surface area contributed by atoms with Crippen molar-refractivity contribution in [3.05, 3.63) is 29.6 Å². The first-order valence-corrected chi connectivity index (χ1v) is 5.54. The summed E-state index contributed by atoms with van der Waals surface area (Å²) in [6.45, 7) is 2.29. The summed E-state index contributed by atoms with van der Waals surface area (Å²) >= 11 is 0. The van der Waals surface area contributed by atoms with Crippen LogP contribution in [0.25, 0.3) is 0 Å². The highest BCUT2D eigenvalue weighted by Crippen LogP contribution is 2.30. The number of nitrogens with zero attached hydrogens (tertiary/aromatic N) is 1. The van der Waals surface area contributed by atoms with Gasteiger partial charge in [-0.25, -0.2) is 4.39 Å². The zero-order chi connectivity index (χ0) is 12.7. The van der Waals surface area contributed by atoms with Crippen molar-refractivity contribution in [2.24, 2.45) is 0 Å². The number of benzene rings is 1. The van der Waals surface area contributed by atoms with Crippen LogP contribution in [0.1, 0.15) is 31.4 Å². The van der Waals surface area contributed by atoms with Crippen LogP contribution in [0, 0.1) is 17.1 Å². The molecule has 0 saturated carbocycles. The molecule has 3 nitrogen and oxygen atoms in total. The lowest BCUT2D eigenvalue weighted by molar-refractivity contribution is 0.0520. The molecule has 0 saturated heterocycles. The number of halogens is 1. The number of hydrogen-bond acceptors (Lipinski definition) is 3. The minimum absolute atomic E-state index is 0.242. The van der Waals surface area contributed by atoms with Gasteiger partial charge in [-0.1, -0.05) is 6.92 Å². The summed E-state index contributed by atoms with van der Waals surface area (Å²) in [5.41, 5.74) is 0.688. The Balaban J connectivity index is 2.86. The fourth-order valence-corrected chi connectivity index (χ4v) is 1.63. The van der Waals surface area contributed by atoms with E-state index in [2.05, 4.69) is 0 Å². The van der Waals surface area contributed by atoms with E-state index in [-0.39, 0.29) is 11.9 Å². The van der Waals surface area contributed by atoms with Crippen molar-refractivity contribution in [1.82, 2.24) is 0 Å². The summed E-state index contributed by atoms with van der Waals surface area (Å²) < 4.78 is 23.9. The van der Waals surface area contributed by atoms with Gasteiger partial charge in [0.15, 0.2) is 0 Å². The Kier molecular flexibility index (Phi) is 5.44. The van der Waals surface area contributed by atoms with E-state index >= 15 is 0 Å². The highest BCUT2D eigenvalue weighted by atomic mass is 19.1. The van der Waals surface area contributed by atoms with Crippen molar-refractivity contribution < 1.29 is 13.9 Å². The first-order valence-electron chi connectivity index (χ1n) is 5.54. The van der Waals surface area contributed by atoms with E-state index in [1.54, 1.807) is 13.2 Å². The molecule has 0 aromatic heterocycles. The van der Waals surface area contributed by atoms with Gasteiger partial charge >= 0.3 is 0 Å². The highest BCUT2D eigenvalue weighted by molar-refractivity contribution is 5.35. The van der Waals surface area contributed by atoms with Crippen molar-refractivity contribution in [2.75, 3.05) is 13.7 Å². The van der Waals surface area contributed by atoms with Crippen molar-refractivity contribution in [3.8, 4) is 11.8 Å². The van der Waals surface area contributed by atoms with Crippen molar-refractivity contribution in [3.63, 3.8) is 0 Å². The number of methoxy groups -OCH3 is 1. The largest absolute Gasteiger partial charge is 0.496 e. The lowest BCUT2D eigenvalue weighted by atomic mass is 10.1. The second-order valence-corrected chi connectivity index (χ2v) is 3.56. The highest BCUT2D eigenvalue weighted by Gasteiger charge is 2.15. The van der Waals surface area contributed by atoms with Crippen LogP contribution in [0.4, 0.5) is 4.39 Å². The normalized spacial score (nSPS) is 11.9. The van der Waals surface area contributed by atoms with Gasteiger partial charge in [0.2, 0.25) is 0 Å². The quantitative estimate of drug-likeness (QED) is 0.713. The summed E-state index contributed by atoms with van der Waals surface area (Å²) in [4.78, 5) is 0. The van der Waals surface area contributed by atoms with Crippen LogP contribution >= 0.6 is 0 Å². The van der Waals surface area contributed by atoms with E-state index in [0.717, 1.165) is 0 Å². The average Bonchev–Trinajstić information content (AvgIpc) is 2.35. The minimum Gasteiger partial charge on any atom is -0.496 e. The Hall–Kier alpha value is -1.60. The lowest BCUT2D eigenvalue weighted by Gasteiger charge is -2.18. The summed E-state index contributed by atoms with van der Waals surface area (Å²) in [5, 5.41) is 8.45. The van der Waals surface area contributed by atoms with Crippen LogP contribution in [0.15, 0.2) is 18.2 Å². The zero-order valence-corrected chi connectivity index (χ0v) is 10.1. The van der Waals surface area contributed by atoms with Gasteiger partial charge < -0.3 is 9.47 Å². The summed E-state index contributed by atoms with van der Waals surface area (Å²) in [6.07, 6.45) is 0.785. The third-order valence-electron chi connectivity index (χ3n) is 2.44. The maximum Gasteiger partial charge on any atom is 0.124 e. The van der Waals surface area contributed by atoms with Gasteiger partial charge in [-0.2, -0.15) is 5.26 Å². The lowest BCUT2D eigenvalue weighted by Crippen LogP contribution is -2.06. The molecule has 0 aliphatic heterocycles. The van der Waals surface area contributed by atoms with Crippen molar-refractivity contribution in [2.45, 2.75) is 25.9 Å². The second kappa shape index (κ2) is 6.87. The fourth-order valence-electron chi connectivity index (χ4n) is 1.63. The zero-order valence-electron chi connectivity index (χ0n) is 10.1. The number of nitriles is 1. The SMILES string of the molecule is CC[C@H](OCCC#N)c1cc(F)ccc1OC. The molecule has 17 heavy (non-hydrogen) atoms. The molecule has 0 unspecified atom stereocenters. The van der Waals surface area contributed by atoms with Gasteiger partial charge in [0.1, 0.15) is 11.6 Å². The Morgan fingerprint density at radius 3 is 2.82 bits per heavy atom. The molecule has 0 N–H and O–H groups in total. The van der Waals surface area contributed by atoms with E-state index in [1.165, 1.54) is 12.1 Å². The molecule has 0 bridgehead atoms. The monoisotopic (exact) mass is 237 g/mol. The van der Waals surface area contributed by atoms with Crippen LogP contribution in [-0.4, -0.2) is 13.7 Å². The Morgan fingerprint density at radius 2 is 2.24 bits per heavy atom. The molecule has 0 spiro atoms. The molecule has 1 aromatic carbocycles. The van der Waals surface area contributed by atoms with Gasteiger partial charge in [-0.3, -0.25) is 0 Å². The van der Waals surface area contributed by atoms with Crippen LogP contribution < -0.4 is 4.74 Å². The maximum atomic E-state index is 13.2. The third kappa shape index (κ3) is 3.72. The van der Waals surface area contributed by atoms with E-state index in [0.29, 0.717) is 30.8 Å². The standard InChI is InChI=1S/C13H16FNO2/c1-3-12(17-8-4-7-15)11-9-10(14)5-6-13(11)16-2/h5-6,9,12H,3-4,8H2,1-2H3/t12-/m0/s1. The molecule has 1 aromatic rings. The van der Waals surface area contributed by atoms with Crippen LogP contribution in [0.2, 0.25) is 0 Å². The molecule has 0 aliphatic rings. The summed E-state index contributed by atoms with van der Waals surface area (Å²) in [7, 11) is 1.54. The number of hydrogen-bond donors (Lipinski definition) is 0. The second-order valence-electron chi connectivity index (χ2n) is 3.56. The molecular formula is C13H16FNO2. The van der Waals surface area contributed by atoms with Gasteiger partial charge in [0.05, 0.1) is 32.3 Å². The fraction of sp³-hybridized carbons (Fsp3) is 0.462. The number of ether oxygens (including phenoxy) is 2. The molecule has 0 aliphatic carbocycles. The summed E-state index contributed by atoms with van der Waals surface area (Å²) in [5.74, 6) is 0.290. The summed E-state index contributed by atoms with van der Waals surface area (Å²) in [6, 6.07) is 6.36. The van der Waals surface area contributed by atoms with Crippen molar-refractivity contribution >= 4 is 0 Å². The van der Waals surface area contributed by atoms with Gasteiger partial charge in [0, 0.05) is 5.56 Å². The predicted molar refractivity (Wildman–Crippen MR) is 62.2 cm³/mol. The molecular weight excluding hydrogens is 221 g/mol. The van der Waals surface area contributed by atoms with E-state index in [4.69, 9.17) is 14.7 Å². The molecule has 0 heterocycles.